The second-order valence-electron chi connectivity index (χ2n) is 6.58. The van der Waals surface area contributed by atoms with Gasteiger partial charge in [-0.25, -0.2) is 4.98 Å². The van der Waals surface area contributed by atoms with Gasteiger partial charge in [-0.2, -0.15) is 0 Å². The number of rotatable bonds is 5. The first kappa shape index (κ1) is 16.2. The highest BCUT2D eigenvalue weighted by atomic mass is 16.4. The topological polar surface area (TPSA) is 74.1 Å². The van der Waals surface area contributed by atoms with Crippen molar-refractivity contribution in [1.82, 2.24) is 30.0 Å². The molecule has 0 bridgehead atoms. The lowest BCUT2D eigenvalue weighted by atomic mass is 10.2. The van der Waals surface area contributed by atoms with Crippen LogP contribution in [0.3, 0.4) is 0 Å². The number of hydrogen-bond donors (Lipinski definition) is 1. The second kappa shape index (κ2) is 6.93. The normalized spacial score (nSPS) is 18.0. The minimum Gasteiger partial charge on any atom is -0.424 e. The Hall–Kier alpha value is -2.25. The van der Waals surface area contributed by atoms with Gasteiger partial charge in [-0.05, 0) is 19.1 Å². The molecule has 4 rings (SSSR count). The van der Waals surface area contributed by atoms with Crippen molar-refractivity contribution in [3.63, 3.8) is 0 Å². The predicted octanol–water partition coefficient (Wildman–Crippen LogP) is 2.39. The number of aromatic amines is 1. The number of imidazole rings is 1. The van der Waals surface area contributed by atoms with Crippen LogP contribution in [0.2, 0.25) is 0 Å². The molecule has 132 valence electrons. The number of nitrogens with zero attached hydrogens (tertiary/aromatic N) is 5. The van der Waals surface area contributed by atoms with Crippen LogP contribution in [0.15, 0.2) is 28.7 Å². The predicted molar refractivity (Wildman–Crippen MR) is 95.0 cm³/mol. The van der Waals surface area contributed by atoms with Crippen molar-refractivity contribution in [1.29, 1.82) is 0 Å². The summed E-state index contributed by atoms with van der Waals surface area (Å²) >= 11 is 0. The van der Waals surface area contributed by atoms with Gasteiger partial charge in [-0.15, -0.1) is 10.2 Å². The van der Waals surface area contributed by atoms with Gasteiger partial charge in [0.05, 0.1) is 23.6 Å². The van der Waals surface area contributed by atoms with Gasteiger partial charge in [0.2, 0.25) is 11.8 Å². The minimum absolute atomic E-state index is 0.168. The highest BCUT2D eigenvalue weighted by Crippen LogP contribution is 2.21. The highest BCUT2D eigenvalue weighted by Gasteiger charge is 2.25. The highest BCUT2D eigenvalue weighted by molar-refractivity contribution is 5.74. The van der Waals surface area contributed by atoms with Crippen LogP contribution in [0.5, 0.6) is 0 Å². The third kappa shape index (κ3) is 3.43. The van der Waals surface area contributed by atoms with Crippen molar-refractivity contribution in [2.75, 3.05) is 26.2 Å². The van der Waals surface area contributed by atoms with Crippen LogP contribution in [0, 0.1) is 0 Å². The van der Waals surface area contributed by atoms with E-state index in [1.807, 2.05) is 25.1 Å². The zero-order valence-corrected chi connectivity index (χ0v) is 14.8. The lowest BCUT2D eigenvalue weighted by Gasteiger charge is -2.36. The third-order valence-electron chi connectivity index (χ3n) is 4.91. The molecular formula is C18H24N6O. The monoisotopic (exact) mass is 340 g/mol. The number of fused-ring (bicyclic) bond motifs is 1. The molecule has 3 aromatic rings. The molecule has 1 N–H and O–H groups in total. The zero-order chi connectivity index (χ0) is 17.2. The fraction of sp³-hybridized carbons (Fsp3) is 0.500. The smallest absolute Gasteiger partial charge is 0.233 e. The average Bonchev–Trinajstić information content (AvgIpc) is 3.28. The van der Waals surface area contributed by atoms with Gasteiger partial charge < -0.3 is 9.40 Å². The summed E-state index contributed by atoms with van der Waals surface area (Å²) in [4.78, 5) is 12.9. The standard InChI is InChI=1S/C18H24N6O/c1-3-17-21-22-18(25-17)13(2)24-10-8-23(9-11-24)12-16-19-14-6-4-5-7-15(14)20-16/h4-7,13H,3,8-12H2,1-2H3,(H,19,20)/t13-/m1/s1. The Balaban J connectivity index is 1.34. The Morgan fingerprint density at radius 2 is 1.96 bits per heavy atom. The summed E-state index contributed by atoms with van der Waals surface area (Å²) in [6.07, 6.45) is 0.783. The molecule has 1 fully saturated rings. The van der Waals surface area contributed by atoms with E-state index in [1.165, 1.54) is 0 Å². The second-order valence-corrected chi connectivity index (χ2v) is 6.58. The molecule has 2 aromatic heterocycles. The Bertz CT molecular complexity index is 800. The Morgan fingerprint density at radius 3 is 2.68 bits per heavy atom. The SMILES string of the molecule is CCc1nnc([C@@H](C)N2CCN(Cc3nc4ccccc4[nH]3)CC2)o1. The first-order valence-corrected chi connectivity index (χ1v) is 8.95. The first-order chi connectivity index (χ1) is 12.2. The van der Waals surface area contributed by atoms with Gasteiger partial charge in [0.25, 0.3) is 0 Å². The molecule has 0 spiro atoms. The lowest BCUT2D eigenvalue weighted by Crippen LogP contribution is -2.46. The van der Waals surface area contributed by atoms with E-state index in [2.05, 4.69) is 43.0 Å². The summed E-state index contributed by atoms with van der Waals surface area (Å²) in [5.74, 6) is 2.47. The number of aryl methyl sites for hydroxylation is 1. The van der Waals surface area contributed by atoms with Crippen molar-refractivity contribution in [3.05, 3.63) is 41.9 Å². The quantitative estimate of drug-likeness (QED) is 0.769. The fourth-order valence-electron chi connectivity index (χ4n) is 3.34. The van der Waals surface area contributed by atoms with Crippen LogP contribution in [0.4, 0.5) is 0 Å². The van der Waals surface area contributed by atoms with Crippen molar-refractivity contribution >= 4 is 11.0 Å². The van der Waals surface area contributed by atoms with E-state index >= 15 is 0 Å². The van der Waals surface area contributed by atoms with Gasteiger partial charge in [-0.3, -0.25) is 9.80 Å². The van der Waals surface area contributed by atoms with Gasteiger partial charge in [0, 0.05) is 32.6 Å². The van der Waals surface area contributed by atoms with E-state index in [4.69, 9.17) is 4.42 Å². The molecule has 3 heterocycles. The molecule has 0 amide bonds. The first-order valence-electron chi connectivity index (χ1n) is 8.95. The largest absolute Gasteiger partial charge is 0.424 e. The van der Waals surface area contributed by atoms with Crippen LogP contribution >= 0.6 is 0 Å². The molecule has 0 aliphatic carbocycles. The molecule has 0 unspecified atom stereocenters. The Kier molecular flexibility index (Phi) is 4.50. The molecule has 7 heteroatoms. The van der Waals surface area contributed by atoms with E-state index in [0.717, 1.165) is 61.9 Å². The number of aromatic nitrogens is 4. The van der Waals surface area contributed by atoms with Gasteiger partial charge in [0.1, 0.15) is 5.82 Å². The maximum atomic E-state index is 5.71. The van der Waals surface area contributed by atoms with Crippen LogP contribution in [-0.2, 0) is 13.0 Å². The van der Waals surface area contributed by atoms with Crippen LogP contribution in [0.1, 0.15) is 37.5 Å². The summed E-state index contributed by atoms with van der Waals surface area (Å²) < 4.78 is 5.71. The zero-order valence-electron chi connectivity index (χ0n) is 14.8. The summed E-state index contributed by atoms with van der Waals surface area (Å²) in [6, 6.07) is 8.34. The number of hydrogen-bond acceptors (Lipinski definition) is 6. The van der Waals surface area contributed by atoms with Crippen molar-refractivity contribution < 1.29 is 4.42 Å². The summed E-state index contributed by atoms with van der Waals surface area (Å²) in [5, 5.41) is 8.26. The van der Waals surface area contributed by atoms with Gasteiger partial charge in [-0.1, -0.05) is 19.1 Å². The average molecular weight is 340 g/mol. The van der Waals surface area contributed by atoms with E-state index in [0.29, 0.717) is 5.89 Å². The molecule has 1 saturated heterocycles. The molecule has 1 aromatic carbocycles. The van der Waals surface area contributed by atoms with Gasteiger partial charge >= 0.3 is 0 Å². The molecule has 0 radical (unpaired) electrons. The summed E-state index contributed by atoms with van der Waals surface area (Å²) in [7, 11) is 0. The van der Waals surface area contributed by atoms with Crippen molar-refractivity contribution in [2.24, 2.45) is 0 Å². The molecule has 0 saturated carbocycles. The number of piperazine rings is 1. The lowest BCUT2D eigenvalue weighted by molar-refractivity contribution is 0.0856. The summed E-state index contributed by atoms with van der Waals surface area (Å²) in [5.41, 5.74) is 2.14. The molecule has 25 heavy (non-hydrogen) atoms. The molecular weight excluding hydrogens is 316 g/mol. The fourth-order valence-corrected chi connectivity index (χ4v) is 3.34. The Labute approximate surface area is 147 Å². The maximum absolute atomic E-state index is 5.71. The third-order valence-corrected chi connectivity index (χ3v) is 4.91. The van der Waals surface area contributed by atoms with Crippen LogP contribution in [-0.4, -0.2) is 56.1 Å². The number of nitrogens with one attached hydrogen (secondary N) is 1. The van der Waals surface area contributed by atoms with Gasteiger partial charge in [0.15, 0.2) is 0 Å². The minimum atomic E-state index is 0.168. The number of H-pyrrole nitrogens is 1. The molecule has 7 nitrogen and oxygen atoms in total. The van der Waals surface area contributed by atoms with E-state index in [-0.39, 0.29) is 6.04 Å². The molecule has 1 aliphatic heterocycles. The maximum Gasteiger partial charge on any atom is 0.233 e. The number of para-hydroxylation sites is 2. The van der Waals surface area contributed by atoms with E-state index in [1.54, 1.807) is 0 Å². The summed E-state index contributed by atoms with van der Waals surface area (Å²) in [6.45, 7) is 9.03. The van der Waals surface area contributed by atoms with E-state index in [9.17, 15) is 0 Å². The van der Waals surface area contributed by atoms with Crippen LogP contribution in [0.25, 0.3) is 11.0 Å². The number of benzene rings is 1. The molecule has 1 aliphatic rings. The van der Waals surface area contributed by atoms with Crippen LogP contribution < -0.4 is 0 Å². The Morgan fingerprint density at radius 1 is 1.16 bits per heavy atom. The van der Waals surface area contributed by atoms with Crippen molar-refractivity contribution in [2.45, 2.75) is 32.9 Å². The molecule has 1 atom stereocenters. The van der Waals surface area contributed by atoms with E-state index < -0.39 is 0 Å². The van der Waals surface area contributed by atoms with Crippen molar-refractivity contribution in [3.8, 4) is 0 Å².